The van der Waals surface area contributed by atoms with Gasteiger partial charge in [0, 0.05) is 30.5 Å². The van der Waals surface area contributed by atoms with Gasteiger partial charge in [-0.15, -0.1) is 0 Å². The first-order chi connectivity index (χ1) is 11.1. The summed E-state index contributed by atoms with van der Waals surface area (Å²) in [6.45, 7) is 10.3. The third-order valence-electron chi connectivity index (χ3n) is 3.81. The van der Waals surface area contributed by atoms with Crippen molar-refractivity contribution < 1.29 is 0 Å². The number of aromatic nitrogens is 2. The van der Waals surface area contributed by atoms with Crippen molar-refractivity contribution in [2.75, 3.05) is 23.3 Å². The van der Waals surface area contributed by atoms with Crippen molar-refractivity contribution >= 4 is 17.5 Å². The maximum atomic E-state index is 4.71. The Morgan fingerprint density at radius 3 is 2.57 bits per heavy atom. The molecule has 0 fully saturated rings. The molecule has 1 N–H and O–H groups in total. The summed E-state index contributed by atoms with van der Waals surface area (Å²) < 4.78 is 0. The Hall–Kier alpha value is -2.10. The average Bonchev–Trinajstić information content (AvgIpc) is 2.52. The molecule has 0 aliphatic heterocycles. The highest BCUT2D eigenvalue weighted by atomic mass is 15.2. The summed E-state index contributed by atoms with van der Waals surface area (Å²) in [4.78, 5) is 11.4. The molecule has 0 unspecified atom stereocenters. The molecule has 0 spiro atoms. The Morgan fingerprint density at radius 1 is 1.04 bits per heavy atom. The Balaban J connectivity index is 2.21. The molecule has 0 aliphatic rings. The second-order valence-corrected chi connectivity index (χ2v) is 5.91. The second kappa shape index (κ2) is 8.51. The first-order valence-corrected chi connectivity index (χ1v) is 8.57. The van der Waals surface area contributed by atoms with E-state index in [2.05, 4.69) is 60.2 Å². The van der Waals surface area contributed by atoms with E-state index in [0.29, 0.717) is 0 Å². The lowest BCUT2D eigenvalue weighted by molar-refractivity contribution is 0.740. The molecule has 0 saturated heterocycles. The fourth-order valence-corrected chi connectivity index (χ4v) is 2.62. The van der Waals surface area contributed by atoms with Crippen LogP contribution in [0.3, 0.4) is 0 Å². The van der Waals surface area contributed by atoms with E-state index in [9.17, 15) is 0 Å². The molecule has 2 aromatic rings. The molecule has 4 nitrogen and oxygen atoms in total. The minimum atomic E-state index is 0.724. The van der Waals surface area contributed by atoms with Crippen LogP contribution < -0.4 is 10.2 Å². The first-order valence-electron chi connectivity index (χ1n) is 8.57. The number of unbranched alkanes of at least 4 members (excludes halogenated alkanes) is 2. The third kappa shape index (κ3) is 4.95. The summed E-state index contributed by atoms with van der Waals surface area (Å²) in [6.07, 6.45) is 3.60. The molecule has 0 radical (unpaired) electrons. The van der Waals surface area contributed by atoms with Gasteiger partial charge in [-0.2, -0.15) is 4.98 Å². The van der Waals surface area contributed by atoms with Gasteiger partial charge < -0.3 is 10.2 Å². The molecule has 1 heterocycles. The molecule has 4 heteroatoms. The zero-order valence-electron chi connectivity index (χ0n) is 14.8. The molecular weight excluding hydrogens is 284 g/mol. The number of anilines is 3. The highest BCUT2D eigenvalue weighted by molar-refractivity contribution is 5.61. The predicted molar refractivity (Wildman–Crippen MR) is 98.6 cm³/mol. The smallest absolute Gasteiger partial charge is 0.224 e. The Labute approximate surface area is 140 Å². The van der Waals surface area contributed by atoms with Crippen LogP contribution >= 0.6 is 0 Å². The van der Waals surface area contributed by atoms with Crippen molar-refractivity contribution in [3.05, 3.63) is 41.6 Å². The Morgan fingerprint density at radius 2 is 1.87 bits per heavy atom. The third-order valence-corrected chi connectivity index (χ3v) is 3.81. The number of nitrogens with zero attached hydrogens (tertiary/aromatic N) is 3. The van der Waals surface area contributed by atoms with Crippen LogP contribution in [-0.4, -0.2) is 23.1 Å². The van der Waals surface area contributed by atoms with Crippen LogP contribution in [0.15, 0.2) is 30.3 Å². The molecular formula is C19H28N4. The standard InChI is InChI=1S/C19H28N4/c1-5-7-8-12-20-19-21-16(4)14-18(22-19)23(6-2)17-11-9-10-15(3)13-17/h9-11,13-14H,5-8,12H2,1-4H3,(H,20,21,22). The Bertz CT molecular complexity index is 625. The summed E-state index contributed by atoms with van der Waals surface area (Å²) in [6, 6.07) is 10.6. The van der Waals surface area contributed by atoms with Crippen molar-refractivity contribution in [3.8, 4) is 0 Å². The minimum Gasteiger partial charge on any atom is -0.354 e. The summed E-state index contributed by atoms with van der Waals surface area (Å²) in [5.41, 5.74) is 3.41. The van der Waals surface area contributed by atoms with Crippen LogP contribution in [0.1, 0.15) is 44.4 Å². The molecule has 0 bridgehead atoms. The summed E-state index contributed by atoms with van der Waals surface area (Å²) in [5, 5.41) is 3.35. The number of aryl methyl sites for hydroxylation is 2. The SMILES string of the molecule is CCCCCNc1nc(C)cc(N(CC)c2cccc(C)c2)n1. The van der Waals surface area contributed by atoms with Crippen molar-refractivity contribution in [2.45, 2.75) is 47.0 Å². The van der Waals surface area contributed by atoms with E-state index < -0.39 is 0 Å². The Kier molecular flexibility index (Phi) is 6.39. The second-order valence-electron chi connectivity index (χ2n) is 5.91. The van der Waals surface area contributed by atoms with Gasteiger partial charge in [0.25, 0.3) is 0 Å². The van der Waals surface area contributed by atoms with Crippen molar-refractivity contribution in [3.63, 3.8) is 0 Å². The molecule has 1 aromatic carbocycles. The quantitative estimate of drug-likeness (QED) is 0.707. The average molecular weight is 312 g/mol. The van der Waals surface area contributed by atoms with Crippen LogP contribution in [0.5, 0.6) is 0 Å². The van der Waals surface area contributed by atoms with Crippen LogP contribution in [0, 0.1) is 13.8 Å². The number of hydrogen-bond donors (Lipinski definition) is 1. The molecule has 23 heavy (non-hydrogen) atoms. The van der Waals surface area contributed by atoms with Crippen molar-refractivity contribution in [2.24, 2.45) is 0 Å². The summed E-state index contributed by atoms with van der Waals surface area (Å²) >= 11 is 0. The largest absolute Gasteiger partial charge is 0.354 e. The summed E-state index contributed by atoms with van der Waals surface area (Å²) in [5.74, 6) is 1.67. The van der Waals surface area contributed by atoms with Crippen molar-refractivity contribution in [1.82, 2.24) is 9.97 Å². The minimum absolute atomic E-state index is 0.724. The number of benzene rings is 1. The van der Waals surface area contributed by atoms with E-state index in [1.165, 1.54) is 24.1 Å². The normalized spacial score (nSPS) is 10.6. The van der Waals surface area contributed by atoms with E-state index in [1.54, 1.807) is 0 Å². The number of nitrogens with one attached hydrogen (secondary N) is 1. The zero-order chi connectivity index (χ0) is 16.7. The molecule has 124 valence electrons. The van der Waals surface area contributed by atoms with Gasteiger partial charge in [0.05, 0.1) is 0 Å². The van der Waals surface area contributed by atoms with Gasteiger partial charge in [0.15, 0.2) is 0 Å². The first kappa shape index (κ1) is 17.3. The van der Waals surface area contributed by atoms with Gasteiger partial charge in [0.2, 0.25) is 5.95 Å². The van der Waals surface area contributed by atoms with Crippen LogP contribution in [0.25, 0.3) is 0 Å². The van der Waals surface area contributed by atoms with Gasteiger partial charge in [-0.3, -0.25) is 0 Å². The fraction of sp³-hybridized carbons (Fsp3) is 0.474. The van der Waals surface area contributed by atoms with E-state index in [0.717, 1.165) is 37.0 Å². The van der Waals surface area contributed by atoms with E-state index in [4.69, 9.17) is 4.98 Å². The van der Waals surface area contributed by atoms with Gasteiger partial charge in [-0.1, -0.05) is 31.9 Å². The highest BCUT2D eigenvalue weighted by Crippen LogP contribution is 2.25. The van der Waals surface area contributed by atoms with Gasteiger partial charge in [-0.25, -0.2) is 4.98 Å². The van der Waals surface area contributed by atoms with Crippen LogP contribution in [0.2, 0.25) is 0 Å². The maximum absolute atomic E-state index is 4.71. The monoisotopic (exact) mass is 312 g/mol. The van der Waals surface area contributed by atoms with Gasteiger partial charge in [-0.05, 0) is 44.9 Å². The van der Waals surface area contributed by atoms with E-state index in [1.807, 2.05) is 13.0 Å². The molecule has 0 atom stereocenters. The number of rotatable bonds is 8. The lowest BCUT2D eigenvalue weighted by atomic mass is 10.2. The fourth-order valence-electron chi connectivity index (χ4n) is 2.62. The topological polar surface area (TPSA) is 41.1 Å². The highest BCUT2D eigenvalue weighted by Gasteiger charge is 2.11. The zero-order valence-corrected chi connectivity index (χ0v) is 14.8. The van der Waals surface area contributed by atoms with Crippen LogP contribution in [0.4, 0.5) is 17.5 Å². The van der Waals surface area contributed by atoms with E-state index in [-0.39, 0.29) is 0 Å². The number of hydrogen-bond acceptors (Lipinski definition) is 4. The lowest BCUT2D eigenvalue weighted by Crippen LogP contribution is -2.19. The summed E-state index contributed by atoms with van der Waals surface area (Å²) in [7, 11) is 0. The van der Waals surface area contributed by atoms with E-state index >= 15 is 0 Å². The van der Waals surface area contributed by atoms with Crippen LogP contribution in [-0.2, 0) is 0 Å². The lowest BCUT2D eigenvalue weighted by Gasteiger charge is -2.23. The molecule has 2 rings (SSSR count). The molecule has 1 aromatic heterocycles. The van der Waals surface area contributed by atoms with Gasteiger partial charge in [0.1, 0.15) is 5.82 Å². The van der Waals surface area contributed by atoms with Gasteiger partial charge >= 0.3 is 0 Å². The predicted octanol–water partition coefficient (Wildman–Crippen LogP) is 4.85. The maximum Gasteiger partial charge on any atom is 0.224 e. The molecule has 0 amide bonds. The van der Waals surface area contributed by atoms with Crippen molar-refractivity contribution in [1.29, 1.82) is 0 Å². The molecule has 0 aliphatic carbocycles. The molecule has 0 saturated carbocycles.